The number of hydrogen-bond donors (Lipinski definition) is 0. The van der Waals surface area contributed by atoms with Crippen molar-refractivity contribution in [3.8, 4) is 0 Å². The molecular weight excluding hydrogens is 330 g/mol. The zero-order chi connectivity index (χ0) is 17.2. The molecule has 0 saturated carbocycles. The average molecular weight is 353 g/mol. The Morgan fingerprint density at radius 2 is 2.00 bits per heavy atom. The van der Waals surface area contributed by atoms with Crippen molar-refractivity contribution in [3.05, 3.63) is 59.7 Å². The summed E-state index contributed by atoms with van der Waals surface area (Å²) in [5.41, 5.74) is 3.53. The molecule has 1 amide bonds. The van der Waals surface area contributed by atoms with E-state index < -0.39 is 0 Å². The molecule has 4 heteroatoms. The van der Waals surface area contributed by atoms with Crippen molar-refractivity contribution in [2.45, 2.75) is 42.4 Å². The maximum Gasteiger partial charge on any atom is 0.229 e. The fraction of sp³-hybridized carbons (Fsp3) is 0.381. The van der Waals surface area contributed by atoms with Crippen molar-refractivity contribution in [3.63, 3.8) is 0 Å². The standard InChI is InChI=1S/C21H23NO2S/c1-15-10-12-22(18-8-4-5-9-20(18)25-15)21(23)14-19-17-7-3-2-6-16(17)11-13-24-19/h2-9,15,19H,10-14H2,1H3. The monoisotopic (exact) mass is 353 g/mol. The number of anilines is 1. The average Bonchev–Trinajstić information content (AvgIpc) is 2.80. The van der Waals surface area contributed by atoms with Crippen LogP contribution in [0.4, 0.5) is 5.69 Å². The lowest BCUT2D eigenvalue weighted by molar-refractivity contribution is -0.121. The number of amides is 1. The Bertz CT molecular complexity index is 776. The Morgan fingerprint density at radius 1 is 1.20 bits per heavy atom. The lowest BCUT2D eigenvalue weighted by atomic mass is 9.95. The lowest BCUT2D eigenvalue weighted by Crippen LogP contribution is -2.34. The Morgan fingerprint density at radius 3 is 2.92 bits per heavy atom. The van der Waals surface area contributed by atoms with Crippen LogP contribution in [0.2, 0.25) is 0 Å². The molecule has 2 atom stereocenters. The molecule has 2 aromatic rings. The summed E-state index contributed by atoms with van der Waals surface area (Å²) in [5, 5.41) is 0.519. The first-order valence-corrected chi connectivity index (χ1v) is 9.86. The lowest BCUT2D eigenvalue weighted by Gasteiger charge is -2.29. The van der Waals surface area contributed by atoms with Gasteiger partial charge in [0.2, 0.25) is 5.91 Å². The van der Waals surface area contributed by atoms with Gasteiger partial charge in [0, 0.05) is 16.7 Å². The molecule has 4 rings (SSSR count). The summed E-state index contributed by atoms with van der Waals surface area (Å²) < 4.78 is 5.95. The molecule has 25 heavy (non-hydrogen) atoms. The molecule has 2 aliphatic heterocycles. The molecule has 0 saturated heterocycles. The second kappa shape index (κ2) is 7.22. The molecule has 130 valence electrons. The number of hydrogen-bond acceptors (Lipinski definition) is 3. The number of rotatable bonds is 2. The highest BCUT2D eigenvalue weighted by molar-refractivity contribution is 8.00. The highest BCUT2D eigenvalue weighted by Gasteiger charge is 2.28. The van der Waals surface area contributed by atoms with Crippen LogP contribution >= 0.6 is 11.8 Å². The van der Waals surface area contributed by atoms with E-state index in [1.807, 2.05) is 34.9 Å². The van der Waals surface area contributed by atoms with Gasteiger partial charge in [-0.05, 0) is 36.1 Å². The van der Waals surface area contributed by atoms with E-state index in [9.17, 15) is 4.79 Å². The van der Waals surface area contributed by atoms with Crippen LogP contribution < -0.4 is 4.90 Å². The molecule has 0 N–H and O–H groups in total. The maximum absolute atomic E-state index is 13.1. The van der Waals surface area contributed by atoms with Crippen LogP contribution in [-0.4, -0.2) is 24.3 Å². The molecule has 0 fully saturated rings. The number of benzene rings is 2. The van der Waals surface area contributed by atoms with Crippen LogP contribution in [-0.2, 0) is 16.0 Å². The molecule has 0 aliphatic carbocycles. The third-order valence-corrected chi connectivity index (χ3v) is 6.23. The van der Waals surface area contributed by atoms with E-state index in [2.05, 4.69) is 37.3 Å². The molecule has 0 radical (unpaired) electrons. The molecule has 2 unspecified atom stereocenters. The number of nitrogens with zero attached hydrogens (tertiary/aromatic N) is 1. The fourth-order valence-corrected chi connectivity index (χ4v) is 4.77. The predicted molar refractivity (Wildman–Crippen MR) is 102 cm³/mol. The first-order chi connectivity index (χ1) is 12.2. The SMILES string of the molecule is CC1CCN(C(=O)CC2OCCc3ccccc32)c2ccccc2S1. The second-order valence-electron chi connectivity index (χ2n) is 6.74. The van der Waals surface area contributed by atoms with E-state index in [1.54, 1.807) is 0 Å². The van der Waals surface area contributed by atoms with Crippen molar-refractivity contribution in [1.29, 1.82) is 0 Å². The summed E-state index contributed by atoms with van der Waals surface area (Å²) in [6.07, 6.45) is 2.22. The largest absolute Gasteiger partial charge is 0.373 e. The van der Waals surface area contributed by atoms with Crippen LogP contribution in [0, 0.1) is 0 Å². The summed E-state index contributed by atoms with van der Waals surface area (Å²) in [4.78, 5) is 16.3. The van der Waals surface area contributed by atoms with Crippen LogP contribution in [0.1, 0.15) is 37.0 Å². The number of fused-ring (bicyclic) bond motifs is 2. The van der Waals surface area contributed by atoms with E-state index in [1.165, 1.54) is 16.0 Å². The van der Waals surface area contributed by atoms with E-state index in [0.29, 0.717) is 18.3 Å². The first kappa shape index (κ1) is 16.7. The number of ether oxygens (including phenoxy) is 1. The summed E-state index contributed by atoms with van der Waals surface area (Å²) in [7, 11) is 0. The summed E-state index contributed by atoms with van der Waals surface area (Å²) in [6, 6.07) is 16.6. The van der Waals surface area contributed by atoms with Gasteiger partial charge >= 0.3 is 0 Å². The Hall–Kier alpha value is -1.78. The van der Waals surface area contributed by atoms with E-state index in [0.717, 1.165) is 25.1 Å². The first-order valence-electron chi connectivity index (χ1n) is 8.98. The predicted octanol–water partition coefficient (Wildman–Crippen LogP) is 4.61. The zero-order valence-electron chi connectivity index (χ0n) is 14.5. The molecule has 2 heterocycles. The second-order valence-corrected chi connectivity index (χ2v) is 8.22. The molecule has 0 bridgehead atoms. The molecular formula is C21H23NO2S. The number of carbonyl (C=O) groups excluding carboxylic acids is 1. The minimum atomic E-state index is -0.127. The van der Waals surface area contributed by atoms with Crippen molar-refractivity contribution in [2.75, 3.05) is 18.1 Å². The minimum Gasteiger partial charge on any atom is -0.373 e. The van der Waals surface area contributed by atoms with Gasteiger partial charge < -0.3 is 9.64 Å². The van der Waals surface area contributed by atoms with Crippen LogP contribution in [0.5, 0.6) is 0 Å². The third-order valence-electron chi connectivity index (χ3n) is 5.00. The maximum atomic E-state index is 13.1. The molecule has 0 spiro atoms. The Balaban J connectivity index is 1.58. The van der Waals surface area contributed by atoms with Gasteiger partial charge in [-0.15, -0.1) is 11.8 Å². The van der Waals surface area contributed by atoms with Crippen LogP contribution in [0.3, 0.4) is 0 Å². The minimum absolute atomic E-state index is 0.127. The zero-order valence-corrected chi connectivity index (χ0v) is 15.3. The molecule has 0 aromatic heterocycles. The highest BCUT2D eigenvalue weighted by atomic mass is 32.2. The van der Waals surface area contributed by atoms with Crippen molar-refractivity contribution in [2.24, 2.45) is 0 Å². The van der Waals surface area contributed by atoms with Gasteiger partial charge in [0.05, 0.1) is 24.8 Å². The van der Waals surface area contributed by atoms with Gasteiger partial charge in [0.1, 0.15) is 0 Å². The normalized spacial score (nSPS) is 22.7. The van der Waals surface area contributed by atoms with E-state index in [4.69, 9.17) is 4.74 Å². The summed E-state index contributed by atoms with van der Waals surface area (Å²) >= 11 is 1.86. The van der Waals surface area contributed by atoms with E-state index in [-0.39, 0.29) is 12.0 Å². The van der Waals surface area contributed by atoms with Crippen molar-refractivity contribution in [1.82, 2.24) is 0 Å². The highest BCUT2D eigenvalue weighted by Crippen LogP contribution is 2.38. The molecule has 2 aliphatic rings. The van der Waals surface area contributed by atoms with Crippen molar-refractivity contribution >= 4 is 23.4 Å². The van der Waals surface area contributed by atoms with Crippen LogP contribution in [0.15, 0.2) is 53.4 Å². The van der Waals surface area contributed by atoms with Crippen LogP contribution in [0.25, 0.3) is 0 Å². The van der Waals surface area contributed by atoms with Gasteiger partial charge in [-0.1, -0.05) is 43.3 Å². The van der Waals surface area contributed by atoms with E-state index >= 15 is 0 Å². The third kappa shape index (κ3) is 3.46. The fourth-order valence-electron chi connectivity index (χ4n) is 3.66. The van der Waals surface area contributed by atoms with Gasteiger partial charge in [-0.2, -0.15) is 0 Å². The quantitative estimate of drug-likeness (QED) is 0.790. The van der Waals surface area contributed by atoms with Gasteiger partial charge in [-0.3, -0.25) is 4.79 Å². The summed E-state index contributed by atoms with van der Waals surface area (Å²) in [6.45, 7) is 3.70. The number of thioether (sulfide) groups is 1. The van der Waals surface area contributed by atoms with Gasteiger partial charge in [0.15, 0.2) is 0 Å². The molecule has 2 aromatic carbocycles. The number of carbonyl (C=O) groups is 1. The van der Waals surface area contributed by atoms with Crippen molar-refractivity contribution < 1.29 is 9.53 Å². The van der Waals surface area contributed by atoms with Gasteiger partial charge in [0.25, 0.3) is 0 Å². The smallest absolute Gasteiger partial charge is 0.229 e. The Kier molecular flexibility index (Phi) is 4.82. The Labute approximate surface area is 153 Å². The molecule has 3 nitrogen and oxygen atoms in total. The topological polar surface area (TPSA) is 29.5 Å². The van der Waals surface area contributed by atoms with Gasteiger partial charge in [-0.25, -0.2) is 0 Å². The summed E-state index contributed by atoms with van der Waals surface area (Å²) in [5.74, 6) is 0.156. The number of para-hydroxylation sites is 1.